The van der Waals surface area contributed by atoms with Crippen molar-refractivity contribution in [3.8, 4) is 0 Å². The lowest BCUT2D eigenvalue weighted by atomic mass is 9.87. The Kier molecular flexibility index (Phi) is 8.32. The minimum absolute atomic E-state index is 0.0392. The number of hydrogen-bond acceptors (Lipinski definition) is 4. The van der Waals surface area contributed by atoms with Crippen molar-refractivity contribution in [2.45, 2.75) is 66.2 Å². The van der Waals surface area contributed by atoms with Crippen LogP contribution in [0.5, 0.6) is 0 Å². The summed E-state index contributed by atoms with van der Waals surface area (Å²) in [4.78, 5) is 28.2. The van der Waals surface area contributed by atoms with Gasteiger partial charge in [-0.15, -0.1) is 0 Å². The van der Waals surface area contributed by atoms with Crippen LogP contribution < -0.4 is 5.32 Å². The Morgan fingerprint density at radius 1 is 0.882 bits per heavy atom. The first kappa shape index (κ1) is 25.7. The molecule has 2 aromatic rings. The van der Waals surface area contributed by atoms with Gasteiger partial charge in [-0.2, -0.15) is 0 Å². The van der Waals surface area contributed by atoms with Crippen LogP contribution in [0.4, 0.5) is 5.69 Å². The number of hydrogen-bond donors (Lipinski definition) is 1. The van der Waals surface area contributed by atoms with Gasteiger partial charge >= 0.3 is 0 Å². The van der Waals surface area contributed by atoms with Crippen LogP contribution in [-0.4, -0.2) is 36.5 Å². The van der Waals surface area contributed by atoms with Gasteiger partial charge in [0.25, 0.3) is 11.8 Å². The second kappa shape index (κ2) is 11.0. The summed E-state index contributed by atoms with van der Waals surface area (Å²) in [6.45, 7) is 14.3. The average molecular weight is 463 g/mol. The zero-order chi connectivity index (χ0) is 24.9. The van der Waals surface area contributed by atoms with Gasteiger partial charge in [0.1, 0.15) is 5.70 Å². The number of anilines is 1. The Labute approximate surface area is 204 Å². The summed E-state index contributed by atoms with van der Waals surface area (Å²) < 4.78 is 5.63. The summed E-state index contributed by atoms with van der Waals surface area (Å²) in [5.41, 5.74) is 5.80. The van der Waals surface area contributed by atoms with E-state index in [2.05, 4.69) is 45.1 Å². The van der Waals surface area contributed by atoms with Crippen LogP contribution in [0.1, 0.15) is 69.2 Å². The van der Waals surface area contributed by atoms with Crippen LogP contribution in [0, 0.1) is 13.8 Å². The van der Waals surface area contributed by atoms with Gasteiger partial charge < -0.3 is 10.1 Å². The lowest BCUT2D eigenvalue weighted by Gasteiger charge is -2.19. The first-order valence-electron chi connectivity index (χ1n) is 12.3. The predicted molar refractivity (Wildman–Crippen MR) is 139 cm³/mol. The molecule has 0 spiro atoms. The second-order valence-electron chi connectivity index (χ2n) is 10.1. The maximum absolute atomic E-state index is 13.4. The first-order valence-corrected chi connectivity index (χ1v) is 12.3. The molecule has 3 rings (SSSR count). The van der Waals surface area contributed by atoms with E-state index in [1.165, 1.54) is 10.5 Å². The molecule has 0 atom stereocenters. The molecule has 34 heavy (non-hydrogen) atoms. The van der Waals surface area contributed by atoms with E-state index in [9.17, 15) is 9.59 Å². The zero-order valence-corrected chi connectivity index (χ0v) is 21.5. The minimum Gasteiger partial charge on any atom is -0.381 e. The fraction of sp³-hybridized carbons (Fsp3) is 0.448. The van der Waals surface area contributed by atoms with Crippen LogP contribution in [0.3, 0.4) is 0 Å². The van der Waals surface area contributed by atoms with Gasteiger partial charge in [0.05, 0.1) is 5.57 Å². The van der Waals surface area contributed by atoms with Crippen molar-refractivity contribution in [2.75, 3.05) is 25.1 Å². The fourth-order valence-electron chi connectivity index (χ4n) is 3.93. The molecule has 0 saturated heterocycles. The molecule has 1 aliphatic rings. The zero-order valence-electron chi connectivity index (χ0n) is 21.5. The van der Waals surface area contributed by atoms with Crippen molar-refractivity contribution in [2.24, 2.45) is 0 Å². The van der Waals surface area contributed by atoms with Crippen LogP contribution in [-0.2, 0) is 19.7 Å². The second-order valence-corrected chi connectivity index (χ2v) is 10.1. The number of benzene rings is 2. The molecule has 5 nitrogen and oxygen atoms in total. The third-order valence-corrected chi connectivity index (χ3v) is 6.30. The quantitative estimate of drug-likeness (QED) is 0.347. The molecule has 2 amide bonds. The van der Waals surface area contributed by atoms with Crippen molar-refractivity contribution in [1.82, 2.24) is 4.90 Å². The molecular formula is C29H38N2O3. The summed E-state index contributed by atoms with van der Waals surface area (Å²) in [7, 11) is 0. The molecule has 0 unspecified atom stereocenters. The smallest absolute Gasteiger partial charge is 0.278 e. The number of amides is 2. The van der Waals surface area contributed by atoms with Gasteiger partial charge in [-0.3, -0.25) is 14.5 Å². The Morgan fingerprint density at radius 2 is 1.56 bits per heavy atom. The van der Waals surface area contributed by atoms with E-state index >= 15 is 0 Å². The molecule has 5 heteroatoms. The number of aryl methyl sites for hydroxylation is 2. The molecule has 1 N–H and O–H groups in total. The van der Waals surface area contributed by atoms with Crippen molar-refractivity contribution in [1.29, 1.82) is 0 Å². The summed E-state index contributed by atoms with van der Waals surface area (Å²) in [5, 5.41) is 3.27. The summed E-state index contributed by atoms with van der Waals surface area (Å²) >= 11 is 0. The van der Waals surface area contributed by atoms with Gasteiger partial charge in [-0.25, -0.2) is 0 Å². The number of ether oxygens (including phenoxy) is 1. The third kappa shape index (κ3) is 5.95. The van der Waals surface area contributed by atoms with Crippen LogP contribution in [0.25, 0.3) is 5.57 Å². The SMILES string of the molecule is CCCCOCCCN1C(=O)C(Nc2ccc(C(C)(C)C)cc2)=C(c2ccc(C)c(C)c2)C1=O. The maximum Gasteiger partial charge on any atom is 0.278 e. The van der Waals surface area contributed by atoms with Crippen molar-refractivity contribution >= 4 is 23.1 Å². The van der Waals surface area contributed by atoms with Gasteiger partial charge in [-0.1, -0.05) is 64.4 Å². The Morgan fingerprint density at radius 3 is 2.18 bits per heavy atom. The number of unbranched alkanes of at least 4 members (excludes halogenated alkanes) is 1. The van der Waals surface area contributed by atoms with Gasteiger partial charge in [0.15, 0.2) is 0 Å². The molecule has 2 aromatic carbocycles. The van der Waals surface area contributed by atoms with Crippen molar-refractivity contribution in [3.63, 3.8) is 0 Å². The molecule has 182 valence electrons. The third-order valence-electron chi connectivity index (χ3n) is 6.30. The van der Waals surface area contributed by atoms with E-state index in [0.717, 1.165) is 35.2 Å². The first-order chi connectivity index (χ1) is 16.1. The normalized spacial score (nSPS) is 14.4. The van der Waals surface area contributed by atoms with Gasteiger partial charge in [-0.05, 0) is 66.5 Å². The maximum atomic E-state index is 13.4. The monoisotopic (exact) mass is 462 g/mol. The molecule has 0 fully saturated rings. The molecule has 0 aromatic heterocycles. The molecule has 0 aliphatic carbocycles. The van der Waals surface area contributed by atoms with Crippen LogP contribution in [0.2, 0.25) is 0 Å². The lowest BCUT2D eigenvalue weighted by molar-refractivity contribution is -0.137. The minimum atomic E-state index is -0.285. The highest BCUT2D eigenvalue weighted by Gasteiger charge is 2.39. The van der Waals surface area contributed by atoms with E-state index < -0.39 is 0 Å². The standard InChI is InChI=1S/C29H38N2O3/c1-7-8-17-34-18-9-16-31-27(32)25(22-11-10-20(2)21(3)19-22)26(28(31)33)30-24-14-12-23(13-15-24)29(4,5)6/h10-15,19,30H,7-9,16-18H2,1-6H3. The number of imide groups is 1. The van der Waals surface area contributed by atoms with Crippen LogP contribution in [0.15, 0.2) is 48.2 Å². The number of rotatable bonds is 10. The fourth-order valence-corrected chi connectivity index (χ4v) is 3.93. The summed E-state index contributed by atoms with van der Waals surface area (Å²) in [6, 6.07) is 14.0. The topological polar surface area (TPSA) is 58.6 Å². The molecule has 0 bridgehead atoms. The highest BCUT2D eigenvalue weighted by molar-refractivity contribution is 6.36. The summed E-state index contributed by atoms with van der Waals surface area (Å²) in [6.07, 6.45) is 2.72. The largest absolute Gasteiger partial charge is 0.381 e. The van der Waals surface area contributed by atoms with E-state index in [1.807, 2.05) is 44.2 Å². The van der Waals surface area contributed by atoms with Gasteiger partial charge in [0, 0.05) is 25.4 Å². The molecular weight excluding hydrogens is 424 g/mol. The van der Waals surface area contributed by atoms with E-state index in [0.29, 0.717) is 37.4 Å². The summed E-state index contributed by atoms with van der Waals surface area (Å²) in [5.74, 6) is -0.540. The molecule has 0 saturated carbocycles. The van der Waals surface area contributed by atoms with Gasteiger partial charge in [0.2, 0.25) is 0 Å². The molecule has 1 heterocycles. The average Bonchev–Trinajstić information content (AvgIpc) is 3.02. The molecule has 0 radical (unpaired) electrons. The highest BCUT2D eigenvalue weighted by atomic mass is 16.5. The Balaban J connectivity index is 1.87. The number of carbonyl (C=O) groups is 2. The lowest BCUT2D eigenvalue weighted by Crippen LogP contribution is -2.34. The van der Waals surface area contributed by atoms with E-state index in [4.69, 9.17) is 4.74 Å². The number of carbonyl (C=O) groups excluding carboxylic acids is 2. The Hall–Kier alpha value is -2.92. The van der Waals surface area contributed by atoms with Crippen LogP contribution >= 0.6 is 0 Å². The highest BCUT2D eigenvalue weighted by Crippen LogP contribution is 2.32. The van der Waals surface area contributed by atoms with Crippen molar-refractivity contribution < 1.29 is 14.3 Å². The Bertz CT molecular complexity index is 1060. The van der Waals surface area contributed by atoms with Crippen molar-refractivity contribution in [3.05, 3.63) is 70.4 Å². The number of nitrogens with one attached hydrogen (secondary N) is 1. The molecule has 1 aliphatic heterocycles. The van der Waals surface area contributed by atoms with E-state index in [-0.39, 0.29) is 17.2 Å². The predicted octanol–water partition coefficient (Wildman–Crippen LogP) is 6.00. The van der Waals surface area contributed by atoms with E-state index in [1.54, 1.807) is 0 Å². The number of nitrogens with zero attached hydrogens (tertiary/aromatic N) is 1.